The van der Waals surface area contributed by atoms with Gasteiger partial charge in [0.15, 0.2) is 17.7 Å². The molecule has 2 atom stereocenters. The number of fused-ring (bicyclic) bond motifs is 2. The molecule has 0 saturated heterocycles. The molecule has 152 valence electrons. The number of ether oxygens (including phenoxy) is 2. The molecule has 0 radical (unpaired) electrons. The maximum absolute atomic E-state index is 13.4. The second-order valence-corrected chi connectivity index (χ2v) is 7.57. The molecule has 0 bridgehead atoms. The number of amides is 2. The molecule has 8 nitrogen and oxygen atoms in total. The van der Waals surface area contributed by atoms with Crippen LogP contribution < -0.4 is 9.64 Å². The van der Waals surface area contributed by atoms with Crippen molar-refractivity contribution in [1.82, 2.24) is 4.90 Å². The lowest BCUT2D eigenvalue weighted by Gasteiger charge is -2.39. The molecule has 9 heteroatoms. The third-order valence-electron chi connectivity index (χ3n) is 5.33. The van der Waals surface area contributed by atoms with E-state index in [9.17, 15) is 19.8 Å². The lowest BCUT2D eigenvalue weighted by atomic mass is 9.94. The smallest absolute Gasteiger partial charge is 0.414 e. The molecular weight excluding hydrogens is 396 g/mol. The van der Waals surface area contributed by atoms with E-state index < -0.39 is 18.4 Å². The zero-order valence-electron chi connectivity index (χ0n) is 15.9. The normalized spacial score (nSPS) is 21.2. The number of thiophene rings is 1. The van der Waals surface area contributed by atoms with E-state index in [2.05, 4.69) is 0 Å². The van der Waals surface area contributed by atoms with E-state index in [1.54, 1.807) is 16.2 Å². The van der Waals surface area contributed by atoms with Gasteiger partial charge in [-0.2, -0.15) is 11.3 Å². The summed E-state index contributed by atoms with van der Waals surface area (Å²) < 4.78 is 10.7. The number of nitrogens with zero attached hydrogens (tertiary/aromatic N) is 2. The van der Waals surface area contributed by atoms with Gasteiger partial charge in [0, 0.05) is 19.7 Å². The Morgan fingerprint density at radius 3 is 2.72 bits per heavy atom. The van der Waals surface area contributed by atoms with Crippen LogP contribution in [0.15, 0.2) is 35.0 Å². The van der Waals surface area contributed by atoms with Crippen LogP contribution in [0.25, 0.3) is 5.57 Å². The van der Waals surface area contributed by atoms with Crippen molar-refractivity contribution in [2.45, 2.75) is 18.7 Å². The van der Waals surface area contributed by atoms with Crippen molar-refractivity contribution in [3.05, 3.63) is 46.2 Å². The molecule has 0 fully saturated rings. The van der Waals surface area contributed by atoms with Gasteiger partial charge >= 0.3 is 6.09 Å². The number of carbonyl (C=O) groups is 2. The van der Waals surface area contributed by atoms with E-state index in [0.717, 1.165) is 16.0 Å². The van der Waals surface area contributed by atoms with Crippen LogP contribution in [-0.2, 0) is 4.74 Å². The van der Waals surface area contributed by atoms with Crippen molar-refractivity contribution in [3.8, 4) is 11.5 Å². The maximum Gasteiger partial charge on any atom is 0.414 e. The Balaban J connectivity index is 1.86. The van der Waals surface area contributed by atoms with Crippen LogP contribution in [0.2, 0.25) is 0 Å². The Kier molecular flexibility index (Phi) is 4.93. The Hall–Kier alpha value is -3.04. The van der Waals surface area contributed by atoms with Gasteiger partial charge in [0.2, 0.25) is 0 Å². The third-order valence-corrected chi connectivity index (χ3v) is 6.02. The van der Waals surface area contributed by atoms with Crippen molar-refractivity contribution >= 4 is 34.6 Å². The van der Waals surface area contributed by atoms with Gasteiger partial charge in [-0.05, 0) is 40.5 Å². The van der Waals surface area contributed by atoms with E-state index in [1.807, 2.05) is 22.9 Å². The van der Waals surface area contributed by atoms with Gasteiger partial charge in [-0.25, -0.2) is 9.69 Å². The minimum absolute atomic E-state index is 0.0686. The highest BCUT2D eigenvalue weighted by atomic mass is 32.1. The van der Waals surface area contributed by atoms with Crippen molar-refractivity contribution in [3.63, 3.8) is 0 Å². The molecule has 0 saturated carbocycles. The zero-order valence-corrected chi connectivity index (χ0v) is 16.7. The number of carbonyl (C=O) groups excluding carboxylic acids is 1. The molecule has 2 aliphatic heterocycles. The lowest BCUT2D eigenvalue weighted by molar-refractivity contribution is 0.0191. The highest BCUT2D eigenvalue weighted by Gasteiger charge is 2.45. The van der Waals surface area contributed by atoms with Crippen LogP contribution in [0.3, 0.4) is 0 Å². The second-order valence-electron chi connectivity index (χ2n) is 6.79. The van der Waals surface area contributed by atoms with E-state index >= 15 is 0 Å². The molecule has 3 heterocycles. The fraction of sp³-hybridized carbons (Fsp3) is 0.300. The summed E-state index contributed by atoms with van der Waals surface area (Å²) in [7, 11) is 2.79. The average molecular weight is 416 g/mol. The topological polar surface area (TPSA) is 99.5 Å². The number of carboxylic acid groups (broad SMARTS) is 1. The standard InChI is InChI=1S/C20H20N2O6S/c1-27-17-8-13-14(9-16(17)23)22(20(25)26)19(28-2)15-7-11(12-4-6-29-10-12)3-5-21(15)18(13)24/h3-4,6,8-10,15,19,23H,5,7H2,1-2H3,(H,25,26)/t15-,19?/m0/s1. The molecule has 2 aliphatic rings. The third kappa shape index (κ3) is 3.12. The van der Waals surface area contributed by atoms with Crippen molar-refractivity contribution in [2.75, 3.05) is 25.7 Å². The Labute approximate surface area is 171 Å². The molecule has 1 aromatic heterocycles. The molecule has 2 amide bonds. The average Bonchev–Trinajstić information content (AvgIpc) is 3.22. The van der Waals surface area contributed by atoms with Gasteiger partial charge in [0.1, 0.15) is 0 Å². The van der Waals surface area contributed by atoms with Gasteiger partial charge in [-0.3, -0.25) is 4.79 Å². The van der Waals surface area contributed by atoms with Crippen molar-refractivity contribution in [2.24, 2.45) is 0 Å². The van der Waals surface area contributed by atoms with Crippen molar-refractivity contribution in [1.29, 1.82) is 0 Å². The van der Waals surface area contributed by atoms with Crippen LogP contribution >= 0.6 is 11.3 Å². The first-order valence-corrected chi connectivity index (χ1v) is 9.89. The summed E-state index contributed by atoms with van der Waals surface area (Å²) in [6.45, 7) is 0.324. The zero-order chi connectivity index (χ0) is 20.7. The summed E-state index contributed by atoms with van der Waals surface area (Å²) in [4.78, 5) is 28.2. The fourth-order valence-electron chi connectivity index (χ4n) is 3.96. The predicted molar refractivity (Wildman–Crippen MR) is 108 cm³/mol. The molecule has 2 N–H and O–H groups in total. The van der Waals surface area contributed by atoms with Gasteiger partial charge < -0.3 is 24.6 Å². The van der Waals surface area contributed by atoms with Crippen LogP contribution in [0, 0.1) is 0 Å². The number of methoxy groups -OCH3 is 2. The largest absolute Gasteiger partial charge is 0.504 e. The summed E-state index contributed by atoms with van der Waals surface area (Å²) in [5, 5.41) is 24.2. The molecule has 0 spiro atoms. The monoisotopic (exact) mass is 416 g/mol. The Bertz CT molecular complexity index is 987. The van der Waals surface area contributed by atoms with Crippen LogP contribution in [0.5, 0.6) is 11.5 Å². The second kappa shape index (κ2) is 7.41. The Morgan fingerprint density at radius 2 is 2.10 bits per heavy atom. The Morgan fingerprint density at radius 1 is 1.31 bits per heavy atom. The summed E-state index contributed by atoms with van der Waals surface area (Å²) in [6, 6.07) is 4.08. The first kappa shape index (κ1) is 19.3. The van der Waals surface area contributed by atoms with Crippen LogP contribution in [0.1, 0.15) is 22.3 Å². The molecule has 0 aliphatic carbocycles. The van der Waals surface area contributed by atoms with E-state index in [4.69, 9.17) is 9.47 Å². The minimum atomic E-state index is -1.27. The quantitative estimate of drug-likeness (QED) is 0.797. The molecule has 4 rings (SSSR count). The van der Waals surface area contributed by atoms with Crippen LogP contribution in [0.4, 0.5) is 10.5 Å². The highest BCUT2D eigenvalue weighted by molar-refractivity contribution is 7.08. The van der Waals surface area contributed by atoms with E-state index in [-0.39, 0.29) is 28.7 Å². The number of benzene rings is 1. The lowest BCUT2D eigenvalue weighted by Crippen LogP contribution is -2.55. The van der Waals surface area contributed by atoms with Gasteiger partial charge in [-0.1, -0.05) is 6.08 Å². The summed E-state index contributed by atoms with van der Waals surface area (Å²) in [6.07, 6.45) is 0.218. The molecule has 2 aromatic rings. The van der Waals surface area contributed by atoms with Crippen LogP contribution in [-0.4, -0.2) is 60.1 Å². The number of anilines is 1. The van der Waals surface area contributed by atoms with Gasteiger partial charge in [0.25, 0.3) is 5.91 Å². The predicted octanol–water partition coefficient (Wildman–Crippen LogP) is 3.23. The van der Waals surface area contributed by atoms with Gasteiger partial charge in [-0.15, -0.1) is 0 Å². The van der Waals surface area contributed by atoms with E-state index in [1.165, 1.54) is 26.4 Å². The number of rotatable bonds is 3. The fourth-order valence-corrected chi connectivity index (χ4v) is 4.64. The minimum Gasteiger partial charge on any atom is -0.504 e. The molecule has 29 heavy (non-hydrogen) atoms. The molecular formula is C20H20N2O6S. The number of phenolic OH excluding ortho intramolecular Hbond substituents is 1. The number of phenols is 1. The maximum atomic E-state index is 13.4. The molecule has 1 aromatic carbocycles. The molecule has 1 unspecified atom stereocenters. The number of aromatic hydroxyl groups is 1. The number of hydrogen-bond acceptors (Lipinski definition) is 6. The van der Waals surface area contributed by atoms with Gasteiger partial charge in [0.05, 0.1) is 24.4 Å². The SMILES string of the molecule is COc1cc2c(cc1O)N(C(=O)O)C(OC)[C@@H]1CC(c3ccsc3)=CCN1C2=O. The first-order valence-electron chi connectivity index (χ1n) is 8.94. The first-order chi connectivity index (χ1) is 14.0. The number of hydrogen-bond donors (Lipinski definition) is 2. The summed E-state index contributed by atoms with van der Waals surface area (Å²) >= 11 is 1.58. The highest BCUT2D eigenvalue weighted by Crippen LogP contribution is 2.41. The van der Waals surface area contributed by atoms with Crippen molar-refractivity contribution < 1.29 is 29.3 Å². The summed E-state index contributed by atoms with van der Waals surface area (Å²) in [5.41, 5.74) is 2.30. The summed E-state index contributed by atoms with van der Waals surface area (Å²) in [5.74, 6) is -0.492. The van der Waals surface area contributed by atoms with E-state index in [0.29, 0.717) is 13.0 Å².